The molecule has 0 aliphatic heterocycles. The topological polar surface area (TPSA) is 12.5 Å². The summed E-state index contributed by atoms with van der Waals surface area (Å²) in [7, 11) is 2.11. The van der Waals surface area contributed by atoms with Crippen molar-refractivity contribution in [1.29, 1.82) is 0 Å². The van der Waals surface area contributed by atoms with Crippen molar-refractivity contribution < 1.29 is 4.18 Å². The van der Waals surface area contributed by atoms with Crippen molar-refractivity contribution in [2.45, 2.75) is 6.54 Å². The molecule has 0 unspecified atom stereocenters. The van der Waals surface area contributed by atoms with Crippen molar-refractivity contribution in [3.05, 3.63) is 35.9 Å². The molecule has 0 saturated heterocycles. The predicted molar refractivity (Wildman–Crippen MR) is 62.2 cm³/mol. The molecule has 0 radical (unpaired) electrons. The Bertz CT molecular complexity index is 240. The Morgan fingerprint density at radius 1 is 1.29 bits per heavy atom. The van der Waals surface area contributed by atoms with Crippen LogP contribution >= 0.6 is 12.0 Å². The van der Waals surface area contributed by atoms with Gasteiger partial charge in [-0.05, 0) is 24.7 Å². The standard InChI is InChI=1S/C11H17NOS/c1-12(8-9-13-14-2)10-11-6-4-3-5-7-11/h3-7H,8-10H2,1-2H3. The first-order valence-electron chi connectivity index (χ1n) is 4.71. The molecule has 0 saturated carbocycles. The third-order valence-electron chi connectivity index (χ3n) is 1.97. The molecule has 0 fully saturated rings. The normalized spacial score (nSPS) is 10.8. The van der Waals surface area contributed by atoms with Gasteiger partial charge in [-0.2, -0.15) is 0 Å². The minimum absolute atomic E-state index is 0.782. The maximum absolute atomic E-state index is 5.22. The Hall–Kier alpha value is -0.510. The van der Waals surface area contributed by atoms with Crippen LogP contribution in [0, 0.1) is 0 Å². The average molecular weight is 211 g/mol. The summed E-state index contributed by atoms with van der Waals surface area (Å²) in [5.41, 5.74) is 1.35. The van der Waals surface area contributed by atoms with Crippen LogP contribution in [0.2, 0.25) is 0 Å². The Morgan fingerprint density at radius 2 is 2.00 bits per heavy atom. The van der Waals surface area contributed by atoms with Crippen molar-refractivity contribution in [2.24, 2.45) is 0 Å². The zero-order valence-electron chi connectivity index (χ0n) is 8.77. The van der Waals surface area contributed by atoms with Gasteiger partial charge in [0, 0.05) is 19.3 Å². The SMILES string of the molecule is CSOCCN(C)Cc1ccccc1. The molecule has 1 aromatic rings. The molecule has 0 N–H and O–H groups in total. The van der Waals surface area contributed by atoms with Crippen molar-refractivity contribution in [3.8, 4) is 0 Å². The lowest BCUT2D eigenvalue weighted by molar-refractivity contribution is 0.256. The maximum atomic E-state index is 5.22. The summed E-state index contributed by atoms with van der Waals surface area (Å²) in [6.45, 7) is 2.73. The Balaban J connectivity index is 2.23. The predicted octanol–water partition coefficient (Wildman–Crippen LogP) is 2.41. The second-order valence-electron chi connectivity index (χ2n) is 3.21. The van der Waals surface area contributed by atoms with E-state index in [1.165, 1.54) is 17.6 Å². The summed E-state index contributed by atoms with van der Waals surface area (Å²) in [4.78, 5) is 2.26. The van der Waals surface area contributed by atoms with E-state index in [-0.39, 0.29) is 0 Å². The lowest BCUT2D eigenvalue weighted by Crippen LogP contribution is -2.21. The van der Waals surface area contributed by atoms with Gasteiger partial charge in [0.25, 0.3) is 0 Å². The lowest BCUT2D eigenvalue weighted by atomic mass is 10.2. The average Bonchev–Trinajstić information content (AvgIpc) is 2.20. The number of nitrogens with zero attached hydrogens (tertiary/aromatic N) is 1. The fraction of sp³-hybridized carbons (Fsp3) is 0.455. The van der Waals surface area contributed by atoms with Crippen LogP contribution in [0.1, 0.15) is 5.56 Å². The molecule has 3 heteroatoms. The van der Waals surface area contributed by atoms with Gasteiger partial charge in [-0.15, -0.1) is 0 Å². The zero-order valence-corrected chi connectivity index (χ0v) is 9.59. The highest BCUT2D eigenvalue weighted by atomic mass is 32.2. The van der Waals surface area contributed by atoms with E-state index in [1.54, 1.807) is 0 Å². The Labute approximate surface area is 90.5 Å². The molecular formula is C11H17NOS. The molecule has 0 bridgehead atoms. The van der Waals surface area contributed by atoms with Crippen LogP contribution in [0.4, 0.5) is 0 Å². The fourth-order valence-corrected chi connectivity index (χ4v) is 1.49. The van der Waals surface area contributed by atoms with Crippen LogP contribution in [0.5, 0.6) is 0 Å². The molecule has 1 aromatic carbocycles. The summed E-state index contributed by atoms with van der Waals surface area (Å²) in [5, 5.41) is 0. The van der Waals surface area contributed by atoms with Gasteiger partial charge in [-0.3, -0.25) is 4.90 Å². The zero-order chi connectivity index (χ0) is 10.2. The monoisotopic (exact) mass is 211 g/mol. The van der Waals surface area contributed by atoms with Gasteiger partial charge in [-0.1, -0.05) is 30.3 Å². The lowest BCUT2D eigenvalue weighted by Gasteiger charge is -2.15. The number of likely N-dealkylation sites (N-methyl/N-ethyl adjacent to an activating group) is 1. The number of hydrogen-bond acceptors (Lipinski definition) is 3. The van der Waals surface area contributed by atoms with Gasteiger partial charge in [0.2, 0.25) is 0 Å². The third kappa shape index (κ3) is 4.65. The number of rotatable bonds is 6. The maximum Gasteiger partial charge on any atom is 0.0740 e. The number of hydrogen-bond donors (Lipinski definition) is 0. The molecule has 14 heavy (non-hydrogen) atoms. The second kappa shape index (κ2) is 6.87. The quantitative estimate of drug-likeness (QED) is 0.529. The first-order chi connectivity index (χ1) is 6.83. The van der Waals surface area contributed by atoms with Crippen LogP contribution in [-0.4, -0.2) is 31.4 Å². The van der Waals surface area contributed by atoms with Gasteiger partial charge in [0.05, 0.1) is 6.61 Å². The highest BCUT2D eigenvalue weighted by molar-refractivity contribution is 7.93. The minimum atomic E-state index is 0.782. The molecule has 0 amide bonds. The molecule has 0 spiro atoms. The summed E-state index contributed by atoms with van der Waals surface area (Å²) < 4.78 is 5.22. The van der Waals surface area contributed by atoms with E-state index in [0.29, 0.717) is 0 Å². The van der Waals surface area contributed by atoms with E-state index < -0.39 is 0 Å². The van der Waals surface area contributed by atoms with Gasteiger partial charge >= 0.3 is 0 Å². The van der Waals surface area contributed by atoms with Crippen molar-refractivity contribution >= 4 is 12.0 Å². The molecule has 0 aliphatic rings. The van der Waals surface area contributed by atoms with Crippen LogP contribution in [0.25, 0.3) is 0 Å². The van der Waals surface area contributed by atoms with Gasteiger partial charge in [0.15, 0.2) is 0 Å². The first kappa shape index (κ1) is 11.6. The number of benzene rings is 1. The van der Waals surface area contributed by atoms with E-state index in [2.05, 4.69) is 36.2 Å². The third-order valence-corrected chi connectivity index (χ3v) is 2.37. The molecular weight excluding hydrogens is 194 g/mol. The van der Waals surface area contributed by atoms with E-state index >= 15 is 0 Å². The molecule has 0 aliphatic carbocycles. The molecule has 2 nitrogen and oxygen atoms in total. The Morgan fingerprint density at radius 3 is 2.64 bits per heavy atom. The largest absolute Gasteiger partial charge is 0.314 e. The molecule has 0 atom stereocenters. The Kier molecular flexibility index (Phi) is 5.68. The van der Waals surface area contributed by atoms with Crippen molar-refractivity contribution in [2.75, 3.05) is 26.5 Å². The van der Waals surface area contributed by atoms with E-state index in [0.717, 1.165) is 19.7 Å². The van der Waals surface area contributed by atoms with E-state index in [4.69, 9.17) is 4.18 Å². The van der Waals surface area contributed by atoms with Crippen molar-refractivity contribution in [3.63, 3.8) is 0 Å². The minimum Gasteiger partial charge on any atom is -0.314 e. The molecule has 0 heterocycles. The van der Waals surface area contributed by atoms with E-state index in [1.807, 2.05) is 12.3 Å². The second-order valence-corrected chi connectivity index (χ2v) is 3.78. The summed E-state index contributed by atoms with van der Waals surface area (Å²) in [6, 6.07) is 10.5. The summed E-state index contributed by atoms with van der Waals surface area (Å²) >= 11 is 1.42. The van der Waals surface area contributed by atoms with Gasteiger partial charge < -0.3 is 4.18 Å². The van der Waals surface area contributed by atoms with Crippen LogP contribution in [-0.2, 0) is 10.7 Å². The first-order valence-corrected chi connectivity index (χ1v) is 5.86. The molecule has 78 valence electrons. The smallest absolute Gasteiger partial charge is 0.0740 e. The highest BCUT2D eigenvalue weighted by Crippen LogP contribution is 2.02. The van der Waals surface area contributed by atoms with Crippen LogP contribution < -0.4 is 0 Å². The van der Waals surface area contributed by atoms with Crippen molar-refractivity contribution in [1.82, 2.24) is 4.90 Å². The molecule has 0 aromatic heterocycles. The molecule has 1 rings (SSSR count). The van der Waals surface area contributed by atoms with Gasteiger partial charge in [0.1, 0.15) is 0 Å². The van der Waals surface area contributed by atoms with Gasteiger partial charge in [-0.25, -0.2) is 0 Å². The highest BCUT2D eigenvalue weighted by Gasteiger charge is 1.98. The fourth-order valence-electron chi connectivity index (χ4n) is 1.25. The van der Waals surface area contributed by atoms with E-state index in [9.17, 15) is 0 Å². The van der Waals surface area contributed by atoms with Crippen LogP contribution in [0.15, 0.2) is 30.3 Å². The summed E-state index contributed by atoms with van der Waals surface area (Å²) in [5.74, 6) is 0. The summed E-state index contributed by atoms with van der Waals surface area (Å²) in [6.07, 6.45) is 1.94. The van der Waals surface area contributed by atoms with Crippen LogP contribution in [0.3, 0.4) is 0 Å².